The summed E-state index contributed by atoms with van der Waals surface area (Å²) in [4.78, 5) is 25.8. The number of hydrogen-bond acceptors (Lipinski definition) is 3. The van der Waals surface area contributed by atoms with E-state index in [2.05, 4.69) is 19.9 Å². The monoisotopic (exact) mass is 240 g/mol. The quantitative estimate of drug-likeness (QED) is 0.676. The molecule has 3 rings (SSSR count). The van der Waals surface area contributed by atoms with Crippen molar-refractivity contribution in [3.8, 4) is 11.3 Å². The number of Topliss-reactive ketones (excluding diaryl/α,β-unsaturated/α-hetero) is 1. The number of nitrogens with zero attached hydrogens (tertiary/aromatic N) is 2. The van der Waals surface area contributed by atoms with Gasteiger partial charge in [0.1, 0.15) is 5.82 Å². The van der Waals surface area contributed by atoms with Crippen LogP contribution >= 0.6 is 0 Å². The van der Waals surface area contributed by atoms with Gasteiger partial charge in [0.25, 0.3) is 0 Å². The molecular formula is C13H12N4O. The Labute approximate surface area is 103 Å². The minimum atomic E-state index is -0.0697. The van der Waals surface area contributed by atoms with Crippen LogP contribution in [0.2, 0.25) is 0 Å². The summed E-state index contributed by atoms with van der Waals surface area (Å²) in [5.41, 5.74) is 3.71. The maximum atomic E-state index is 11.2. The zero-order chi connectivity index (χ0) is 12.7. The van der Waals surface area contributed by atoms with Crippen LogP contribution < -0.4 is 0 Å². The first-order chi connectivity index (χ1) is 8.63. The largest absolute Gasteiger partial charge is 0.342 e. The van der Waals surface area contributed by atoms with Gasteiger partial charge in [-0.2, -0.15) is 0 Å². The molecule has 2 N–H and O–H groups in total. The number of H-pyrrole nitrogens is 2. The van der Waals surface area contributed by atoms with Gasteiger partial charge in [0, 0.05) is 12.5 Å². The first-order valence-corrected chi connectivity index (χ1v) is 5.66. The van der Waals surface area contributed by atoms with Crippen molar-refractivity contribution in [2.24, 2.45) is 0 Å². The fourth-order valence-corrected chi connectivity index (χ4v) is 1.95. The summed E-state index contributed by atoms with van der Waals surface area (Å²) in [7, 11) is 0. The van der Waals surface area contributed by atoms with Crippen molar-refractivity contribution in [1.82, 2.24) is 19.9 Å². The highest BCUT2D eigenvalue weighted by Crippen LogP contribution is 2.21. The Morgan fingerprint density at radius 1 is 1.28 bits per heavy atom. The van der Waals surface area contributed by atoms with Crippen LogP contribution in [0.5, 0.6) is 0 Å². The van der Waals surface area contributed by atoms with Gasteiger partial charge >= 0.3 is 0 Å². The van der Waals surface area contributed by atoms with Gasteiger partial charge in [-0.15, -0.1) is 0 Å². The van der Waals surface area contributed by atoms with Crippen molar-refractivity contribution < 1.29 is 4.79 Å². The van der Waals surface area contributed by atoms with E-state index < -0.39 is 0 Å². The van der Waals surface area contributed by atoms with Gasteiger partial charge < -0.3 is 9.97 Å². The minimum absolute atomic E-state index is 0.0697. The maximum absolute atomic E-state index is 11.2. The van der Waals surface area contributed by atoms with Crippen molar-refractivity contribution in [2.45, 2.75) is 13.8 Å². The molecule has 0 aliphatic heterocycles. The van der Waals surface area contributed by atoms with E-state index in [0.29, 0.717) is 5.82 Å². The van der Waals surface area contributed by atoms with Crippen LogP contribution in [0.15, 0.2) is 24.4 Å². The van der Waals surface area contributed by atoms with Crippen LogP contribution in [0.25, 0.3) is 22.3 Å². The molecule has 5 nitrogen and oxygen atoms in total. The fraction of sp³-hybridized carbons (Fsp3) is 0.154. The molecule has 0 saturated carbocycles. The summed E-state index contributed by atoms with van der Waals surface area (Å²) in [6.07, 6.45) is 1.67. The van der Waals surface area contributed by atoms with Gasteiger partial charge in [-0.25, -0.2) is 9.97 Å². The topological polar surface area (TPSA) is 74.4 Å². The summed E-state index contributed by atoms with van der Waals surface area (Å²) in [5.74, 6) is 1.20. The Morgan fingerprint density at radius 3 is 2.83 bits per heavy atom. The van der Waals surface area contributed by atoms with E-state index >= 15 is 0 Å². The van der Waals surface area contributed by atoms with Gasteiger partial charge in [0.05, 0.1) is 22.9 Å². The van der Waals surface area contributed by atoms with E-state index in [1.165, 1.54) is 6.92 Å². The molecule has 2 aromatic heterocycles. The number of fused-ring (bicyclic) bond motifs is 1. The molecule has 0 spiro atoms. The van der Waals surface area contributed by atoms with Crippen LogP contribution in [0, 0.1) is 6.92 Å². The number of aromatic nitrogens is 4. The first-order valence-electron chi connectivity index (χ1n) is 5.66. The van der Waals surface area contributed by atoms with E-state index in [9.17, 15) is 4.79 Å². The normalized spacial score (nSPS) is 11.0. The van der Waals surface area contributed by atoms with Crippen molar-refractivity contribution in [2.75, 3.05) is 0 Å². The van der Waals surface area contributed by atoms with E-state index in [1.54, 1.807) is 6.20 Å². The molecule has 0 atom stereocenters. The number of aryl methyl sites for hydroxylation is 1. The summed E-state index contributed by atoms with van der Waals surface area (Å²) < 4.78 is 0. The van der Waals surface area contributed by atoms with Crippen LogP contribution in [0.4, 0.5) is 0 Å². The first kappa shape index (κ1) is 10.7. The highest BCUT2D eigenvalue weighted by molar-refractivity contribution is 5.91. The van der Waals surface area contributed by atoms with E-state index in [4.69, 9.17) is 0 Å². The van der Waals surface area contributed by atoms with Gasteiger partial charge in [-0.1, -0.05) is 6.07 Å². The smallest absolute Gasteiger partial charge is 0.194 e. The van der Waals surface area contributed by atoms with Crippen molar-refractivity contribution in [3.63, 3.8) is 0 Å². The lowest BCUT2D eigenvalue weighted by Crippen LogP contribution is -1.93. The van der Waals surface area contributed by atoms with E-state index in [1.807, 2.05) is 25.1 Å². The van der Waals surface area contributed by atoms with Gasteiger partial charge in [0.15, 0.2) is 11.6 Å². The molecule has 0 aliphatic rings. The predicted molar refractivity (Wildman–Crippen MR) is 68.4 cm³/mol. The molecule has 18 heavy (non-hydrogen) atoms. The van der Waals surface area contributed by atoms with E-state index in [0.717, 1.165) is 28.1 Å². The minimum Gasteiger partial charge on any atom is -0.342 e. The number of carbonyl (C=O) groups is 1. The van der Waals surface area contributed by atoms with Crippen LogP contribution in [0.1, 0.15) is 23.4 Å². The summed E-state index contributed by atoms with van der Waals surface area (Å²) in [6.45, 7) is 3.41. The number of aromatic amines is 2. The standard InChI is InChI=1S/C13H12N4O/c1-7(18)13-14-6-12(17-13)9-3-4-10-11(5-9)16-8(2)15-10/h3-6H,1-2H3,(H,14,17)(H,15,16). The Bertz CT molecular complexity index is 738. The summed E-state index contributed by atoms with van der Waals surface area (Å²) >= 11 is 0. The van der Waals surface area contributed by atoms with Gasteiger partial charge in [-0.3, -0.25) is 4.79 Å². The van der Waals surface area contributed by atoms with Crippen molar-refractivity contribution in [1.29, 1.82) is 0 Å². The second kappa shape index (κ2) is 3.80. The molecule has 0 fully saturated rings. The lowest BCUT2D eigenvalue weighted by atomic mass is 10.1. The van der Waals surface area contributed by atoms with Crippen LogP contribution in [-0.4, -0.2) is 25.7 Å². The third-order valence-corrected chi connectivity index (χ3v) is 2.82. The SMILES string of the molecule is CC(=O)c1ncc(-c2ccc3nc(C)[nH]c3c2)[nH]1. The zero-order valence-corrected chi connectivity index (χ0v) is 10.1. The fourth-order valence-electron chi connectivity index (χ4n) is 1.95. The molecule has 3 aromatic rings. The number of benzene rings is 1. The Balaban J connectivity index is 2.09. The second-order valence-electron chi connectivity index (χ2n) is 4.26. The average Bonchev–Trinajstić information content (AvgIpc) is 2.91. The lowest BCUT2D eigenvalue weighted by Gasteiger charge is -1.97. The third kappa shape index (κ3) is 1.69. The second-order valence-corrected chi connectivity index (χ2v) is 4.26. The van der Waals surface area contributed by atoms with Crippen molar-refractivity contribution in [3.05, 3.63) is 36.0 Å². The van der Waals surface area contributed by atoms with Gasteiger partial charge in [-0.05, 0) is 19.1 Å². The van der Waals surface area contributed by atoms with Crippen LogP contribution in [-0.2, 0) is 0 Å². The predicted octanol–water partition coefficient (Wildman–Crippen LogP) is 2.46. The molecular weight excluding hydrogens is 228 g/mol. The molecule has 1 aromatic carbocycles. The number of imidazole rings is 2. The molecule has 0 unspecified atom stereocenters. The highest BCUT2D eigenvalue weighted by atomic mass is 16.1. The number of hydrogen-bond donors (Lipinski definition) is 2. The number of rotatable bonds is 2. The molecule has 0 bridgehead atoms. The Hall–Kier alpha value is -2.43. The van der Waals surface area contributed by atoms with Gasteiger partial charge in [0.2, 0.25) is 0 Å². The lowest BCUT2D eigenvalue weighted by molar-refractivity contribution is 0.100. The zero-order valence-electron chi connectivity index (χ0n) is 10.1. The average molecular weight is 240 g/mol. The highest BCUT2D eigenvalue weighted by Gasteiger charge is 2.08. The summed E-state index contributed by atoms with van der Waals surface area (Å²) in [5, 5.41) is 0. The molecule has 5 heteroatoms. The van der Waals surface area contributed by atoms with Crippen molar-refractivity contribution >= 4 is 16.8 Å². The number of carbonyl (C=O) groups excluding carboxylic acids is 1. The molecule has 90 valence electrons. The Morgan fingerprint density at radius 2 is 2.11 bits per heavy atom. The molecule has 2 heterocycles. The molecule has 0 saturated heterocycles. The third-order valence-electron chi connectivity index (χ3n) is 2.82. The maximum Gasteiger partial charge on any atom is 0.194 e. The number of ketones is 1. The molecule has 0 amide bonds. The number of nitrogens with one attached hydrogen (secondary N) is 2. The van der Waals surface area contributed by atoms with E-state index in [-0.39, 0.29) is 5.78 Å². The molecule has 0 aliphatic carbocycles. The van der Waals surface area contributed by atoms with Crippen LogP contribution in [0.3, 0.4) is 0 Å². The Kier molecular flexibility index (Phi) is 2.26. The molecule has 0 radical (unpaired) electrons. The summed E-state index contributed by atoms with van der Waals surface area (Å²) in [6, 6.07) is 5.90.